The van der Waals surface area contributed by atoms with Gasteiger partial charge in [-0.25, -0.2) is 0 Å². The Morgan fingerprint density at radius 3 is 2.78 bits per heavy atom. The van der Waals surface area contributed by atoms with E-state index in [1.807, 2.05) is 0 Å². The van der Waals surface area contributed by atoms with Crippen LogP contribution in [-0.2, 0) is 11.8 Å². The Kier molecular flexibility index (Phi) is 3.56. The summed E-state index contributed by atoms with van der Waals surface area (Å²) >= 11 is 0. The summed E-state index contributed by atoms with van der Waals surface area (Å²) in [7, 11) is 1.79. The summed E-state index contributed by atoms with van der Waals surface area (Å²) in [6.45, 7) is 0.186. The minimum absolute atomic E-state index is 0.186. The first-order valence-electron chi connectivity index (χ1n) is 6.05. The van der Waals surface area contributed by atoms with Crippen LogP contribution in [0.3, 0.4) is 0 Å². The van der Waals surface area contributed by atoms with Crippen LogP contribution in [0.1, 0.15) is 25.7 Å². The highest BCUT2D eigenvalue weighted by atomic mass is 16.5. The molecule has 1 fully saturated rings. The first kappa shape index (κ1) is 12.9. The number of rotatable bonds is 4. The minimum atomic E-state index is -0.915. The van der Waals surface area contributed by atoms with Gasteiger partial charge < -0.3 is 14.9 Å². The van der Waals surface area contributed by atoms with Crippen molar-refractivity contribution in [2.24, 2.45) is 13.0 Å². The zero-order valence-electron chi connectivity index (χ0n) is 10.4. The van der Waals surface area contributed by atoms with Crippen molar-refractivity contribution in [1.82, 2.24) is 9.78 Å². The molecule has 1 heterocycles. The highest BCUT2D eigenvalue weighted by molar-refractivity contribution is 5.70. The Morgan fingerprint density at radius 2 is 2.28 bits per heavy atom. The zero-order chi connectivity index (χ0) is 13.2. The summed E-state index contributed by atoms with van der Waals surface area (Å²) in [5.74, 6) is -0.486. The molecule has 0 atom stereocenters. The topological polar surface area (TPSA) is 84.6 Å². The predicted octanol–water partition coefficient (Wildman–Crippen LogP) is 0.805. The number of aryl methyl sites for hydroxylation is 1. The molecule has 6 nitrogen and oxygen atoms in total. The van der Waals surface area contributed by atoms with E-state index in [0.29, 0.717) is 31.4 Å². The van der Waals surface area contributed by atoms with Gasteiger partial charge in [-0.2, -0.15) is 5.10 Å². The molecule has 18 heavy (non-hydrogen) atoms. The van der Waals surface area contributed by atoms with Gasteiger partial charge in [0.05, 0.1) is 23.9 Å². The van der Waals surface area contributed by atoms with Crippen LogP contribution >= 0.6 is 0 Å². The summed E-state index contributed by atoms with van der Waals surface area (Å²) in [6.07, 6.45) is 5.25. The summed E-state index contributed by atoms with van der Waals surface area (Å²) in [5, 5.41) is 23.2. The molecule has 0 amide bonds. The van der Waals surface area contributed by atoms with Crippen LogP contribution in [0.2, 0.25) is 0 Å². The van der Waals surface area contributed by atoms with Gasteiger partial charge in [0.1, 0.15) is 6.61 Å². The molecule has 0 saturated heterocycles. The summed E-state index contributed by atoms with van der Waals surface area (Å²) < 4.78 is 7.11. The van der Waals surface area contributed by atoms with E-state index in [1.54, 1.807) is 24.1 Å². The van der Waals surface area contributed by atoms with Crippen LogP contribution in [0, 0.1) is 5.92 Å². The largest absolute Gasteiger partial charge is 0.487 e. The second kappa shape index (κ2) is 4.97. The van der Waals surface area contributed by atoms with Gasteiger partial charge in [-0.05, 0) is 25.7 Å². The highest BCUT2D eigenvalue weighted by Gasteiger charge is 2.36. The number of carboxylic acid groups (broad SMARTS) is 1. The van der Waals surface area contributed by atoms with Gasteiger partial charge in [-0.1, -0.05) is 0 Å². The van der Waals surface area contributed by atoms with Gasteiger partial charge in [0.2, 0.25) is 0 Å². The highest BCUT2D eigenvalue weighted by Crippen LogP contribution is 2.32. The molecule has 1 aromatic rings. The predicted molar refractivity (Wildman–Crippen MR) is 63.2 cm³/mol. The molecule has 0 spiro atoms. The van der Waals surface area contributed by atoms with Crippen LogP contribution in [0.4, 0.5) is 0 Å². The Bertz CT molecular complexity index is 421. The van der Waals surface area contributed by atoms with Crippen molar-refractivity contribution < 1.29 is 19.7 Å². The van der Waals surface area contributed by atoms with E-state index in [4.69, 9.17) is 9.84 Å². The van der Waals surface area contributed by atoms with E-state index < -0.39 is 11.6 Å². The normalized spacial score (nSPS) is 28.0. The molecule has 0 radical (unpaired) electrons. The first-order valence-corrected chi connectivity index (χ1v) is 6.05. The fraction of sp³-hybridized carbons (Fsp3) is 0.667. The number of carbonyl (C=O) groups is 1. The lowest BCUT2D eigenvalue weighted by Gasteiger charge is -2.34. The standard InChI is InChI=1S/C12H18N2O4/c1-14-7-10(6-13-14)18-8-12(17)4-2-9(3-5-12)11(15)16/h6-7,9,17H,2-5,8H2,1H3,(H,15,16). The second-order valence-corrected chi connectivity index (χ2v) is 4.98. The molecule has 1 aliphatic rings. The summed E-state index contributed by atoms with van der Waals surface area (Å²) in [5.41, 5.74) is -0.915. The summed E-state index contributed by atoms with van der Waals surface area (Å²) in [4.78, 5) is 10.8. The van der Waals surface area contributed by atoms with Crippen LogP contribution in [-0.4, -0.2) is 38.2 Å². The van der Waals surface area contributed by atoms with Crippen molar-refractivity contribution in [2.75, 3.05) is 6.61 Å². The smallest absolute Gasteiger partial charge is 0.306 e. The lowest BCUT2D eigenvalue weighted by Crippen LogP contribution is -2.41. The van der Waals surface area contributed by atoms with E-state index in [1.165, 1.54) is 0 Å². The first-order chi connectivity index (χ1) is 8.48. The molecule has 1 aliphatic carbocycles. The number of ether oxygens (including phenoxy) is 1. The second-order valence-electron chi connectivity index (χ2n) is 4.98. The quantitative estimate of drug-likeness (QED) is 0.830. The fourth-order valence-electron chi connectivity index (χ4n) is 2.24. The van der Waals surface area contributed by atoms with Crippen molar-refractivity contribution in [3.8, 4) is 5.75 Å². The fourth-order valence-corrected chi connectivity index (χ4v) is 2.24. The monoisotopic (exact) mass is 254 g/mol. The van der Waals surface area contributed by atoms with Gasteiger partial charge in [-0.3, -0.25) is 9.48 Å². The maximum atomic E-state index is 10.8. The molecule has 6 heteroatoms. The van der Waals surface area contributed by atoms with Gasteiger partial charge in [0.25, 0.3) is 0 Å². The van der Waals surface area contributed by atoms with Crippen molar-refractivity contribution in [3.63, 3.8) is 0 Å². The maximum Gasteiger partial charge on any atom is 0.306 e. The zero-order valence-corrected chi connectivity index (χ0v) is 10.4. The number of aliphatic carboxylic acids is 1. The molecule has 2 rings (SSSR count). The van der Waals surface area contributed by atoms with E-state index in [0.717, 1.165) is 0 Å². The molecular formula is C12H18N2O4. The molecule has 1 aromatic heterocycles. The minimum Gasteiger partial charge on any atom is -0.487 e. The molecular weight excluding hydrogens is 236 g/mol. The van der Waals surface area contributed by atoms with Gasteiger partial charge >= 0.3 is 5.97 Å². The van der Waals surface area contributed by atoms with Gasteiger partial charge in [-0.15, -0.1) is 0 Å². The average Bonchev–Trinajstić information content (AvgIpc) is 2.73. The number of nitrogens with zero attached hydrogens (tertiary/aromatic N) is 2. The molecule has 0 bridgehead atoms. The molecule has 1 saturated carbocycles. The molecule has 2 N–H and O–H groups in total. The SMILES string of the molecule is Cn1cc(OCC2(O)CCC(C(=O)O)CC2)cn1. The van der Waals surface area contributed by atoms with Crippen molar-refractivity contribution in [1.29, 1.82) is 0 Å². The Morgan fingerprint density at radius 1 is 1.61 bits per heavy atom. The third-order valence-corrected chi connectivity index (χ3v) is 3.45. The molecule has 0 aliphatic heterocycles. The van der Waals surface area contributed by atoms with Crippen LogP contribution in [0.25, 0.3) is 0 Å². The third kappa shape index (κ3) is 3.01. The van der Waals surface area contributed by atoms with Crippen molar-refractivity contribution >= 4 is 5.97 Å². The van der Waals surface area contributed by atoms with Gasteiger partial charge in [0.15, 0.2) is 5.75 Å². The molecule has 100 valence electrons. The van der Waals surface area contributed by atoms with Crippen molar-refractivity contribution in [3.05, 3.63) is 12.4 Å². The Labute approximate surface area is 105 Å². The average molecular weight is 254 g/mol. The van der Waals surface area contributed by atoms with Crippen LogP contribution in [0.5, 0.6) is 5.75 Å². The van der Waals surface area contributed by atoms with Crippen molar-refractivity contribution in [2.45, 2.75) is 31.3 Å². The van der Waals surface area contributed by atoms with E-state index in [9.17, 15) is 9.90 Å². The number of hydrogen-bond acceptors (Lipinski definition) is 4. The lowest BCUT2D eigenvalue weighted by molar-refractivity contribution is -0.145. The van der Waals surface area contributed by atoms with Gasteiger partial charge in [0, 0.05) is 7.05 Å². The molecule has 0 unspecified atom stereocenters. The van der Waals surface area contributed by atoms with Crippen LogP contribution in [0.15, 0.2) is 12.4 Å². The van der Waals surface area contributed by atoms with E-state index in [-0.39, 0.29) is 12.5 Å². The maximum absolute atomic E-state index is 10.8. The van der Waals surface area contributed by atoms with E-state index >= 15 is 0 Å². The lowest BCUT2D eigenvalue weighted by atomic mass is 9.79. The number of aliphatic hydroxyl groups is 1. The Balaban J connectivity index is 1.84. The third-order valence-electron chi connectivity index (χ3n) is 3.45. The Hall–Kier alpha value is -1.56. The molecule has 0 aromatic carbocycles. The summed E-state index contributed by atoms with van der Waals surface area (Å²) in [6, 6.07) is 0. The number of hydrogen-bond donors (Lipinski definition) is 2. The number of carboxylic acids is 1. The van der Waals surface area contributed by atoms with Crippen LogP contribution < -0.4 is 4.74 Å². The number of aromatic nitrogens is 2. The van der Waals surface area contributed by atoms with E-state index in [2.05, 4.69) is 5.10 Å².